The zero-order valence-corrected chi connectivity index (χ0v) is 10.8. The molecule has 4 nitrogen and oxygen atoms in total. The van der Waals surface area contributed by atoms with E-state index in [1.54, 1.807) is 0 Å². The number of hydrazine groups is 1. The molecule has 1 fully saturated rings. The minimum absolute atomic E-state index is 0.130. The van der Waals surface area contributed by atoms with E-state index in [-0.39, 0.29) is 6.04 Å². The number of nitrogens with one attached hydrogen (secondary N) is 1. The molecule has 1 aliphatic rings. The maximum Gasteiger partial charge on any atom is 0.127 e. The SMILES string of the molecule is Cn1ccnc1C(NN)C1C(C)(C)C1(C)C. The molecule has 0 spiro atoms. The molecule has 3 N–H and O–H groups in total. The van der Waals surface area contributed by atoms with Crippen molar-refractivity contribution in [3.63, 3.8) is 0 Å². The van der Waals surface area contributed by atoms with Gasteiger partial charge in [0.05, 0.1) is 6.04 Å². The van der Waals surface area contributed by atoms with Crippen molar-refractivity contribution in [3.05, 3.63) is 18.2 Å². The topological polar surface area (TPSA) is 55.9 Å². The van der Waals surface area contributed by atoms with Crippen LogP contribution in [0.25, 0.3) is 0 Å². The smallest absolute Gasteiger partial charge is 0.127 e. The molecular formula is C12H22N4. The van der Waals surface area contributed by atoms with Crippen molar-refractivity contribution in [1.82, 2.24) is 15.0 Å². The molecule has 0 bridgehead atoms. The first-order valence-corrected chi connectivity index (χ1v) is 5.77. The molecule has 1 heterocycles. The Morgan fingerprint density at radius 2 is 1.94 bits per heavy atom. The van der Waals surface area contributed by atoms with E-state index in [4.69, 9.17) is 5.84 Å². The van der Waals surface area contributed by atoms with Crippen LogP contribution in [-0.2, 0) is 7.05 Å². The Bertz CT molecular complexity index is 377. The van der Waals surface area contributed by atoms with Crippen molar-refractivity contribution < 1.29 is 0 Å². The van der Waals surface area contributed by atoms with Crippen molar-refractivity contribution in [3.8, 4) is 0 Å². The molecule has 1 aromatic rings. The maximum atomic E-state index is 5.71. The second kappa shape index (κ2) is 3.31. The minimum Gasteiger partial charge on any atom is -0.337 e. The number of rotatable bonds is 3. The first-order valence-electron chi connectivity index (χ1n) is 5.77. The number of aromatic nitrogens is 2. The van der Waals surface area contributed by atoms with Gasteiger partial charge in [0, 0.05) is 19.4 Å². The lowest BCUT2D eigenvalue weighted by atomic mass is 10.0. The number of nitrogens with zero attached hydrogens (tertiary/aromatic N) is 2. The van der Waals surface area contributed by atoms with Gasteiger partial charge in [0.25, 0.3) is 0 Å². The summed E-state index contributed by atoms with van der Waals surface area (Å²) in [6.45, 7) is 9.19. The molecule has 16 heavy (non-hydrogen) atoms. The Labute approximate surface area is 97.2 Å². The molecule has 1 atom stereocenters. The van der Waals surface area contributed by atoms with Crippen LogP contribution in [0.2, 0.25) is 0 Å². The first kappa shape index (κ1) is 11.6. The summed E-state index contributed by atoms with van der Waals surface area (Å²) in [7, 11) is 2.01. The molecule has 1 saturated carbocycles. The predicted octanol–water partition coefficient (Wildman–Crippen LogP) is 1.61. The van der Waals surface area contributed by atoms with Gasteiger partial charge in [-0.15, -0.1) is 0 Å². The van der Waals surface area contributed by atoms with Crippen LogP contribution in [0.4, 0.5) is 0 Å². The van der Waals surface area contributed by atoms with Gasteiger partial charge >= 0.3 is 0 Å². The van der Waals surface area contributed by atoms with Crippen molar-refractivity contribution in [2.24, 2.45) is 29.6 Å². The summed E-state index contributed by atoms with van der Waals surface area (Å²) in [5.41, 5.74) is 3.54. The summed E-state index contributed by atoms with van der Waals surface area (Å²) in [6, 6.07) is 0.130. The van der Waals surface area contributed by atoms with E-state index >= 15 is 0 Å². The molecule has 0 aromatic carbocycles. The Kier molecular flexibility index (Phi) is 2.40. The first-order chi connectivity index (χ1) is 7.34. The number of hydrogen-bond acceptors (Lipinski definition) is 3. The third-order valence-corrected chi connectivity index (χ3v) is 4.78. The Balaban J connectivity index is 2.31. The van der Waals surface area contributed by atoms with E-state index in [1.807, 2.05) is 24.0 Å². The van der Waals surface area contributed by atoms with Gasteiger partial charge in [-0.2, -0.15) is 0 Å². The highest BCUT2D eigenvalue weighted by Gasteiger charge is 2.67. The summed E-state index contributed by atoms with van der Waals surface area (Å²) in [5.74, 6) is 7.25. The fraction of sp³-hybridized carbons (Fsp3) is 0.750. The highest BCUT2D eigenvalue weighted by molar-refractivity contribution is 5.20. The standard InChI is InChI=1S/C12H22N4/c1-11(2)9(12(11,3)4)8(15-13)10-14-6-7-16(10)5/h6-9,15H,13H2,1-5H3. The van der Waals surface area contributed by atoms with E-state index in [9.17, 15) is 0 Å². The van der Waals surface area contributed by atoms with Crippen molar-refractivity contribution in [2.75, 3.05) is 0 Å². The van der Waals surface area contributed by atoms with Gasteiger partial charge in [0.15, 0.2) is 0 Å². The summed E-state index contributed by atoms with van der Waals surface area (Å²) < 4.78 is 2.04. The fourth-order valence-electron chi connectivity index (χ4n) is 3.08. The predicted molar refractivity (Wildman–Crippen MR) is 64.3 cm³/mol. The van der Waals surface area contributed by atoms with Gasteiger partial charge in [-0.1, -0.05) is 27.7 Å². The zero-order chi connectivity index (χ0) is 12.1. The molecule has 1 aliphatic carbocycles. The van der Waals surface area contributed by atoms with Gasteiger partial charge in [0.2, 0.25) is 0 Å². The van der Waals surface area contributed by atoms with Crippen LogP contribution in [-0.4, -0.2) is 9.55 Å². The monoisotopic (exact) mass is 222 g/mol. The van der Waals surface area contributed by atoms with Crippen LogP contribution < -0.4 is 11.3 Å². The van der Waals surface area contributed by atoms with E-state index < -0.39 is 0 Å². The molecule has 2 rings (SSSR count). The molecule has 90 valence electrons. The van der Waals surface area contributed by atoms with Crippen LogP contribution in [0.3, 0.4) is 0 Å². The molecule has 0 saturated heterocycles. The number of nitrogens with two attached hydrogens (primary N) is 1. The van der Waals surface area contributed by atoms with Gasteiger partial charge in [-0.3, -0.25) is 5.84 Å². The summed E-state index contributed by atoms with van der Waals surface area (Å²) in [4.78, 5) is 4.40. The van der Waals surface area contributed by atoms with Crippen LogP contribution in [0, 0.1) is 16.7 Å². The molecule has 0 radical (unpaired) electrons. The number of aryl methyl sites for hydroxylation is 1. The quantitative estimate of drug-likeness (QED) is 0.603. The van der Waals surface area contributed by atoms with Crippen molar-refractivity contribution >= 4 is 0 Å². The lowest BCUT2D eigenvalue weighted by molar-refractivity contribution is 0.392. The normalized spacial score (nSPS) is 24.4. The molecular weight excluding hydrogens is 200 g/mol. The maximum absolute atomic E-state index is 5.71. The van der Waals surface area contributed by atoms with E-state index in [2.05, 4.69) is 38.1 Å². The van der Waals surface area contributed by atoms with E-state index in [0.717, 1.165) is 5.82 Å². The van der Waals surface area contributed by atoms with Gasteiger partial charge < -0.3 is 4.57 Å². The zero-order valence-electron chi connectivity index (χ0n) is 10.8. The summed E-state index contributed by atoms with van der Waals surface area (Å²) in [6.07, 6.45) is 3.78. The van der Waals surface area contributed by atoms with Crippen LogP contribution in [0.1, 0.15) is 39.6 Å². The Hall–Kier alpha value is -0.870. The second-order valence-corrected chi connectivity index (χ2v) is 5.96. The largest absolute Gasteiger partial charge is 0.337 e. The highest BCUT2D eigenvalue weighted by Crippen LogP contribution is 2.72. The third kappa shape index (κ3) is 1.33. The lowest BCUT2D eigenvalue weighted by Crippen LogP contribution is -2.33. The highest BCUT2D eigenvalue weighted by atomic mass is 15.3. The summed E-state index contributed by atoms with van der Waals surface area (Å²) in [5, 5.41) is 0. The van der Waals surface area contributed by atoms with Crippen LogP contribution in [0.15, 0.2) is 12.4 Å². The molecule has 1 unspecified atom stereocenters. The minimum atomic E-state index is 0.130. The van der Waals surface area contributed by atoms with E-state index in [1.165, 1.54) is 0 Å². The van der Waals surface area contributed by atoms with Crippen LogP contribution >= 0.6 is 0 Å². The second-order valence-electron chi connectivity index (χ2n) is 5.96. The van der Waals surface area contributed by atoms with Gasteiger partial charge in [-0.25, -0.2) is 10.4 Å². The van der Waals surface area contributed by atoms with Crippen LogP contribution in [0.5, 0.6) is 0 Å². The summed E-state index contributed by atoms with van der Waals surface area (Å²) >= 11 is 0. The molecule has 4 heteroatoms. The van der Waals surface area contributed by atoms with Gasteiger partial charge in [-0.05, 0) is 16.7 Å². The Morgan fingerprint density at radius 3 is 2.25 bits per heavy atom. The Morgan fingerprint density at radius 1 is 1.38 bits per heavy atom. The average molecular weight is 222 g/mol. The molecule has 0 amide bonds. The average Bonchev–Trinajstić information content (AvgIpc) is 2.54. The molecule has 0 aliphatic heterocycles. The van der Waals surface area contributed by atoms with Gasteiger partial charge in [0.1, 0.15) is 5.82 Å². The number of hydrogen-bond donors (Lipinski definition) is 2. The number of imidazole rings is 1. The van der Waals surface area contributed by atoms with E-state index in [0.29, 0.717) is 16.7 Å². The molecule has 1 aromatic heterocycles. The lowest BCUT2D eigenvalue weighted by Gasteiger charge is -2.17. The third-order valence-electron chi connectivity index (χ3n) is 4.78. The van der Waals surface area contributed by atoms with Crippen molar-refractivity contribution in [2.45, 2.75) is 33.7 Å². The fourth-order valence-corrected chi connectivity index (χ4v) is 3.08. The van der Waals surface area contributed by atoms with Crippen molar-refractivity contribution in [1.29, 1.82) is 0 Å².